The Balaban J connectivity index is 2.82. The molecule has 5 heteroatoms. The molecule has 1 aromatic carbocycles. The largest absolute Gasteiger partial charge is 0.293 e. The molecular formula is C12H17NO3S. The monoisotopic (exact) mass is 255 g/mol. The van der Waals surface area contributed by atoms with Crippen LogP contribution in [0.4, 0.5) is 0 Å². The second-order valence-electron chi connectivity index (χ2n) is 3.63. The van der Waals surface area contributed by atoms with Gasteiger partial charge in [0.25, 0.3) is 0 Å². The highest BCUT2D eigenvalue weighted by Crippen LogP contribution is 2.06. The summed E-state index contributed by atoms with van der Waals surface area (Å²) in [5.41, 5.74) is 0.434. The lowest BCUT2D eigenvalue weighted by molar-refractivity contribution is 0.101. The van der Waals surface area contributed by atoms with Crippen molar-refractivity contribution >= 4 is 15.8 Å². The highest BCUT2D eigenvalue weighted by atomic mass is 32.2. The van der Waals surface area contributed by atoms with Gasteiger partial charge in [0, 0.05) is 18.7 Å². The summed E-state index contributed by atoms with van der Waals surface area (Å²) in [4.78, 5) is 11.8. The SMILES string of the molecule is CCN(CC)S(=O)(=O)CC(=O)c1ccccc1. The number of hydrogen-bond acceptors (Lipinski definition) is 3. The van der Waals surface area contributed by atoms with Crippen LogP contribution in [0.1, 0.15) is 24.2 Å². The maximum atomic E-state index is 11.9. The molecule has 0 heterocycles. The third kappa shape index (κ3) is 3.64. The molecule has 0 aliphatic rings. The van der Waals surface area contributed by atoms with Crippen LogP contribution in [0.25, 0.3) is 0 Å². The summed E-state index contributed by atoms with van der Waals surface area (Å²) < 4.78 is 25.1. The van der Waals surface area contributed by atoms with E-state index in [1.165, 1.54) is 4.31 Å². The van der Waals surface area contributed by atoms with Gasteiger partial charge in [-0.3, -0.25) is 4.79 Å². The molecule has 0 aromatic heterocycles. The minimum Gasteiger partial charge on any atom is -0.293 e. The summed E-state index contributed by atoms with van der Waals surface area (Å²) in [6, 6.07) is 8.48. The van der Waals surface area contributed by atoms with E-state index in [-0.39, 0.29) is 5.78 Å². The average molecular weight is 255 g/mol. The van der Waals surface area contributed by atoms with Crippen molar-refractivity contribution in [2.24, 2.45) is 0 Å². The Morgan fingerprint density at radius 1 is 1.12 bits per heavy atom. The Labute approximate surface area is 102 Å². The third-order valence-electron chi connectivity index (χ3n) is 2.51. The first-order valence-corrected chi connectivity index (χ1v) is 7.18. The molecule has 0 amide bonds. The predicted octanol–water partition coefficient (Wildman–Crippen LogP) is 1.54. The first-order chi connectivity index (χ1) is 8.01. The second-order valence-corrected chi connectivity index (χ2v) is 5.60. The van der Waals surface area contributed by atoms with Gasteiger partial charge in [0.05, 0.1) is 0 Å². The number of sulfonamides is 1. The number of Topliss-reactive ketones (excluding diaryl/α,β-unsaturated/α-hetero) is 1. The quantitative estimate of drug-likeness (QED) is 0.725. The Morgan fingerprint density at radius 3 is 2.12 bits per heavy atom. The van der Waals surface area contributed by atoms with E-state index in [2.05, 4.69) is 0 Å². The van der Waals surface area contributed by atoms with Gasteiger partial charge in [-0.15, -0.1) is 0 Å². The van der Waals surface area contributed by atoms with E-state index in [4.69, 9.17) is 0 Å². The van der Waals surface area contributed by atoms with Gasteiger partial charge in [-0.1, -0.05) is 44.2 Å². The van der Waals surface area contributed by atoms with Crippen LogP contribution in [0.5, 0.6) is 0 Å². The predicted molar refractivity (Wildman–Crippen MR) is 67.5 cm³/mol. The van der Waals surface area contributed by atoms with Gasteiger partial charge in [0.1, 0.15) is 5.75 Å². The van der Waals surface area contributed by atoms with Crippen molar-refractivity contribution in [2.75, 3.05) is 18.8 Å². The minimum atomic E-state index is -3.49. The molecule has 0 fully saturated rings. The van der Waals surface area contributed by atoms with E-state index in [1.54, 1.807) is 44.2 Å². The molecule has 0 saturated heterocycles. The summed E-state index contributed by atoms with van der Waals surface area (Å²) in [6.45, 7) is 4.30. The molecule has 94 valence electrons. The van der Waals surface area contributed by atoms with Crippen LogP contribution in [0.15, 0.2) is 30.3 Å². The highest BCUT2D eigenvalue weighted by molar-refractivity contribution is 7.89. The van der Waals surface area contributed by atoms with Crippen LogP contribution < -0.4 is 0 Å². The standard InChI is InChI=1S/C12H17NO3S/c1-3-13(4-2)17(15,16)10-12(14)11-8-6-5-7-9-11/h5-9H,3-4,10H2,1-2H3. The molecule has 0 spiro atoms. The Bertz CT molecular complexity index is 464. The van der Waals surface area contributed by atoms with Crippen LogP contribution in [0, 0.1) is 0 Å². The van der Waals surface area contributed by atoms with Crippen LogP contribution in [-0.4, -0.2) is 37.3 Å². The number of rotatable bonds is 6. The number of nitrogens with zero attached hydrogens (tertiary/aromatic N) is 1. The van der Waals surface area contributed by atoms with Crippen molar-refractivity contribution in [1.82, 2.24) is 4.31 Å². The molecule has 0 atom stereocenters. The highest BCUT2D eigenvalue weighted by Gasteiger charge is 2.23. The van der Waals surface area contributed by atoms with E-state index < -0.39 is 15.8 Å². The molecule has 0 radical (unpaired) electrons. The molecule has 0 aliphatic carbocycles. The first kappa shape index (κ1) is 13.9. The van der Waals surface area contributed by atoms with Gasteiger partial charge >= 0.3 is 0 Å². The van der Waals surface area contributed by atoms with Crippen molar-refractivity contribution in [3.05, 3.63) is 35.9 Å². The van der Waals surface area contributed by atoms with E-state index in [0.29, 0.717) is 18.7 Å². The van der Waals surface area contributed by atoms with Crippen molar-refractivity contribution in [3.63, 3.8) is 0 Å². The fourth-order valence-corrected chi connectivity index (χ4v) is 3.05. The second kappa shape index (κ2) is 5.93. The summed E-state index contributed by atoms with van der Waals surface area (Å²) >= 11 is 0. The van der Waals surface area contributed by atoms with Crippen LogP contribution >= 0.6 is 0 Å². The van der Waals surface area contributed by atoms with E-state index in [9.17, 15) is 13.2 Å². The first-order valence-electron chi connectivity index (χ1n) is 5.57. The summed E-state index contributed by atoms with van der Waals surface area (Å²) in [5.74, 6) is -0.823. The minimum absolute atomic E-state index is 0.363. The molecule has 17 heavy (non-hydrogen) atoms. The maximum absolute atomic E-state index is 11.9. The van der Waals surface area contributed by atoms with Gasteiger partial charge in [-0.25, -0.2) is 12.7 Å². The fraction of sp³-hybridized carbons (Fsp3) is 0.417. The van der Waals surface area contributed by atoms with Crippen LogP contribution in [0.2, 0.25) is 0 Å². The summed E-state index contributed by atoms with van der Waals surface area (Å²) in [6.07, 6.45) is 0. The van der Waals surface area contributed by atoms with Gasteiger partial charge < -0.3 is 0 Å². The number of benzene rings is 1. The zero-order valence-corrected chi connectivity index (χ0v) is 10.9. The zero-order chi connectivity index (χ0) is 12.9. The van der Waals surface area contributed by atoms with Crippen LogP contribution in [0.3, 0.4) is 0 Å². The normalized spacial score (nSPS) is 11.7. The molecular weight excluding hydrogens is 238 g/mol. The smallest absolute Gasteiger partial charge is 0.221 e. The van der Waals surface area contributed by atoms with E-state index in [1.807, 2.05) is 0 Å². The lowest BCUT2D eigenvalue weighted by Gasteiger charge is -2.17. The Morgan fingerprint density at radius 2 is 1.65 bits per heavy atom. The van der Waals surface area contributed by atoms with Crippen molar-refractivity contribution in [3.8, 4) is 0 Å². The summed E-state index contributed by atoms with van der Waals surface area (Å²) in [5, 5.41) is 0. The van der Waals surface area contributed by atoms with Crippen LogP contribution in [-0.2, 0) is 10.0 Å². The fourth-order valence-electron chi connectivity index (χ4n) is 1.58. The molecule has 1 aromatic rings. The number of carbonyl (C=O) groups excluding carboxylic acids is 1. The van der Waals surface area contributed by atoms with Crippen molar-refractivity contribution in [1.29, 1.82) is 0 Å². The van der Waals surface area contributed by atoms with Crippen molar-refractivity contribution < 1.29 is 13.2 Å². The number of carbonyl (C=O) groups is 1. The average Bonchev–Trinajstić information content (AvgIpc) is 2.30. The van der Waals surface area contributed by atoms with Crippen molar-refractivity contribution in [2.45, 2.75) is 13.8 Å². The van der Waals surface area contributed by atoms with E-state index in [0.717, 1.165) is 0 Å². The van der Waals surface area contributed by atoms with Gasteiger partial charge in [0.15, 0.2) is 5.78 Å². The van der Waals surface area contributed by atoms with Gasteiger partial charge in [-0.2, -0.15) is 0 Å². The lowest BCUT2D eigenvalue weighted by atomic mass is 10.2. The zero-order valence-electron chi connectivity index (χ0n) is 10.1. The molecule has 0 aliphatic heterocycles. The Hall–Kier alpha value is -1.20. The molecule has 0 bridgehead atoms. The maximum Gasteiger partial charge on any atom is 0.221 e. The molecule has 0 unspecified atom stereocenters. The van der Waals surface area contributed by atoms with Gasteiger partial charge in [0.2, 0.25) is 10.0 Å². The topological polar surface area (TPSA) is 54.5 Å². The Kier molecular flexibility index (Phi) is 4.84. The van der Waals surface area contributed by atoms with Gasteiger partial charge in [-0.05, 0) is 0 Å². The number of ketones is 1. The summed E-state index contributed by atoms with van der Waals surface area (Å²) in [7, 11) is -3.49. The molecule has 1 rings (SSSR count). The molecule has 0 N–H and O–H groups in total. The van der Waals surface area contributed by atoms with E-state index >= 15 is 0 Å². The molecule has 0 saturated carbocycles. The molecule has 4 nitrogen and oxygen atoms in total. The number of hydrogen-bond donors (Lipinski definition) is 0. The third-order valence-corrected chi connectivity index (χ3v) is 4.44. The lowest BCUT2D eigenvalue weighted by Crippen LogP contribution is -2.35.